The van der Waals surface area contributed by atoms with Gasteiger partial charge in [-0.3, -0.25) is 9.67 Å². The molecular weight excluding hydrogens is 395 g/mol. The maximum atomic E-state index is 5.92. The van der Waals surface area contributed by atoms with E-state index >= 15 is 0 Å². The number of aromatic nitrogens is 4. The summed E-state index contributed by atoms with van der Waals surface area (Å²) < 4.78 is 1.72. The summed E-state index contributed by atoms with van der Waals surface area (Å²) in [5.41, 5.74) is 6.73. The van der Waals surface area contributed by atoms with Crippen molar-refractivity contribution in [2.45, 2.75) is 13.8 Å². The van der Waals surface area contributed by atoms with Crippen molar-refractivity contribution in [2.24, 2.45) is 17.8 Å². The molecule has 2 aromatic heterocycles. The number of aliphatic imine (C=N–C) groups is 1. The Kier molecular flexibility index (Phi) is 7.28. The highest BCUT2D eigenvalue weighted by Gasteiger charge is 2.07. The maximum absolute atomic E-state index is 5.92. The first-order valence-corrected chi connectivity index (χ1v) is 7.08. The SMILES string of the molecule is CCN(CC)C(N)=NCCNc1ncnc2c1cnn2C.I. The van der Waals surface area contributed by atoms with Crippen molar-refractivity contribution in [3.05, 3.63) is 12.5 Å². The number of guanidine groups is 1. The number of nitrogens with zero attached hydrogens (tertiary/aromatic N) is 6. The Morgan fingerprint density at radius 1 is 1.36 bits per heavy atom. The smallest absolute Gasteiger partial charge is 0.191 e. The van der Waals surface area contributed by atoms with E-state index < -0.39 is 0 Å². The third-order valence-electron chi connectivity index (χ3n) is 3.29. The molecule has 0 spiro atoms. The van der Waals surface area contributed by atoms with Crippen LogP contribution in [-0.4, -0.2) is 56.8 Å². The monoisotopic (exact) mass is 418 g/mol. The van der Waals surface area contributed by atoms with Gasteiger partial charge in [-0.05, 0) is 13.8 Å². The number of hydrogen-bond donors (Lipinski definition) is 2. The third-order valence-corrected chi connectivity index (χ3v) is 3.29. The Morgan fingerprint density at radius 3 is 2.77 bits per heavy atom. The lowest BCUT2D eigenvalue weighted by atomic mass is 10.4. The highest BCUT2D eigenvalue weighted by Crippen LogP contribution is 2.17. The Balaban J connectivity index is 0.00000242. The summed E-state index contributed by atoms with van der Waals surface area (Å²) in [5, 5.41) is 8.33. The number of rotatable bonds is 6. The Labute approximate surface area is 147 Å². The number of fused-ring (bicyclic) bond motifs is 1. The van der Waals surface area contributed by atoms with E-state index in [1.807, 2.05) is 11.9 Å². The fourth-order valence-electron chi connectivity index (χ4n) is 2.10. The van der Waals surface area contributed by atoms with E-state index in [0.717, 1.165) is 29.9 Å². The molecular formula is C13H23IN8. The molecule has 2 aromatic rings. The third kappa shape index (κ3) is 4.18. The van der Waals surface area contributed by atoms with Crippen LogP contribution < -0.4 is 11.1 Å². The minimum absolute atomic E-state index is 0. The molecule has 9 heteroatoms. The van der Waals surface area contributed by atoms with Crippen molar-refractivity contribution < 1.29 is 0 Å². The van der Waals surface area contributed by atoms with E-state index in [1.165, 1.54) is 6.33 Å². The van der Waals surface area contributed by atoms with Crippen LogP contribution in [-0.2, 0) is 7.05 Å². The minimum Gasteiger partial charge on any atom is -0.370 e. The molecule has 2 heterocycles. The van der Waals surface area contributed by atoms with Crippen molar-refractivity contribution >= 4 is 46.8 Å². The number of anilines is 1. The normalized spacial score (nSPS) is 11.3. The van der Waals surface area contributed by atoms with Crippen LogP contribution in [0.2, 0.25) is 0 Å². The second kappa shape index (κ2) is 8.71. The average Bonchev–Trinajstić information content (AvgIpc) is 2.87. The molecule has 0 aliphatic rings. The van der Waals surface area contributed by atoms with Crippen molar-refractivity contribution in [3.8, 4) is 0 Å². The number of nitrogens with one attached hydrogen (secondary N) is 1. The van der Waals surface area contributed by atoms with Crippen LogP contribution >= 0.6 is 24.0 Å². The summed E-state index contributed by atoms with van der Waals surface area (Å²) in [7, 11) is 1.86. The summed E-state index contributed by atoms with van der Waals surface area (Å²) in [6.45, 7) is 7.09. The van der Waals surface area contributed by atoms with Gasteiger partial charge < -0.3 is 16.0 Å². The molecule has 0 radical (unpaired) electrons. The molecule has 122 valence electrons. The maximum Gasteiger partial charge on any atom is 0.191 e. The zero-order valence-electron chi connectivity index (χ0n) is 13.2. The van der Waals surface area contributed by atoms with Crippen LogP contribution in [0.5, 0.6) is 0 Å². The fraction of sp³-hybridized carbons (Fsp3) is 0.538. The van der Waals surface area contributed by atoms with E-state index in [4.69, 9.17) is 5.73 Å². The van der Waals surface area contributed by atoms with Gasteiger partial charge in [0.25, 0.3) is 0 Å². The molecule has 3 N–H and O–H groups in total. The minimum atomic E-state index is 0. The van der Waals surface area contributed by atoms with Crippen molar-refractivity contribution in [1.29, 1.82) is 0 Å². The molecule has 0 atom stereocenters. The molecule has 0 fully saturated rings. The highest BCUT2D eigenvalue weighted by atomic mass is 127. The van der Waals surface area contributed by atoms with Gasteiger partial charge in [0, 0.05) is 26.7 Å². The molecule has 0 bridgehead atoms. The summed E-state index contributed by atoms with van der Waals surface area (Å²) in [6, 6.07) is 0. The van der Waals surface area contributed by atoms with Gasteiger partial charge in [-0.15, -0.1) is 24.0 Å². The first-order chi connectivity index (χ1) is 10.2. The molecule has 0 amide bonds. The fourth-order valence-corrected chi connectivity index (χ4v) is 2.10. The molecule has 22 heavy (non-hydrogen) atoms. The van der Waals surface area contributed by atoms with E-state index in [9.17, 15) is 0 Å². The van der Waals surface area contributed by atoms with E-state index in [1.54, 1.807) is 10.9 Å². The lowest BCUT2D eigenvalue weighted by Gasteiger charge is -2.19. The predicted octanol–water partition coefficient (Wildman–Crippen LogP) is 1.05. The molecule has 0 aromatic carbocycles. The summed E-state index contributed by atoms with van der Waals surface area (Å²) >= 11 is 0. The van der Waals surface area contributed by atoms with Gasteiger partial charge in [0.2, 0.25) is 0 Å². The molecule has 2 rings (SSSR count). The van der Waals surface area contributed by atoms with Gasteiger partial charge in [0.1, 0.15) is 12.1 Å². The number of hydrogen-bond acceptors (Lipinski definition) is 5. The Morgan fingerprint density at radius 2 is 2.09 bits per heavy atom. The zero-order chi connectivity index (χ0) is 15.2. The lowest BCUT2D eigenvalue weighted by Crippen LogP contribution is -2.37. The first kappa shape index (κ1) is 18.4. The van der Waals surface area contributed by atoms with E-state index in [-0.39, 0.29) is 24.0 Å². The van der Waals surface area contributed by atoms with Crippen LogP contribution in [0.15, 0.2) is 17.5 Å². The molecule has 0 saturated carbocycles. The molecule has 0 saturated heterocycles. The molecule has 8 nitrogen and oxygen atoms in total. The highest BCUT2D eigenvalue weighted by molar-refractivity contribution is 14.0. The van der Waals surface area contributed by atoms with Gasteiger partial charge in [0.15, 0.2) is 11.6 Å². The largest absolute Gasteiger partial charge is 0.370 e. The Hall–Kier alpha value is -1.65. The lowest BCUT2D eigenvalue weighted by molar-refractivity contribution is 0.458. The number of halogens is 1. The van der Waals surface area contributed by atoms with Crippen LogP contribution in [0.1, 0.15) is 13.8 Å². The van der Waals surface area contributed by atoms with Crippen LogP contribution in [0, 0.1) is 0 Å². The van der Waals surface area contributed by atoms with E-state index in [0.29, 0.717) is 19.0 Å². The summed E-state index contributed by atoms with van der Waals surface area (Å²) in [4.78, 5) is 14.8. The second-order valence-electron chi connectivity index (χ2n) is 4.57. The van der Waals surface area contributed by atoms with Gasteiger partial charge in [-0.2, -0.15) is 5.10 Å². The Bertz CT molecular complexity index is 620. The average molecular weight is 418 g/mol. The molecule has 0 aliphatic heterocycles. The van der Waals surface area contributed by atoms with Gasteiger partial charge in [-0.1, -0.05) is 0 Å². The molecule has 0 aliphatic carbocycles. The number of nitrogens with two attached hydrogens (primary N) is 1. The zero-order valence-corrected chi connectivity index (χ0v) is 15.5. The van der Waals surface area contributed by atoms with Crippen molar-refractivity contribution in [1.82, 2.24) is 24.6 Å². The summed E-state index contributed by atoms with van der Waals surface area (Å²) in [5.74, 6) is 1.35. The van der Waals surface area contributed by atoms with E-state index in [2.05, 4.69) is 39.2 Å². The van der Waals surface area contributed by atoms with Crippen LogP contribution in [0.3, 0.4) is 0 Å². The van der Waals surface area contributed by atoms with Gasteiger partial charge in [0.05, 0.1) is 18.1 Å². The summed E-state index contributed by atoms with van der Waals surface area (Å²) in [6.07, 6.45) is 3.28. The van der Waals surface area contributed by atoms with Crippen LogP contribution in [0.25, 0.3) is 11.0 Å². The quantitative estimate of drug-likeness (QED) is 0.315. The first-order valence-electron chi connectivity index (χ1n) is 7.08. The van der Waals surface area contributed by atoms with Gasteiger partial charge in [-0.25, -0.2) is 9.97 Å². The second-order valence-corrected chi connectivity index (χ2v) is 4.57. The topological polar surface area (TPSA) is 97.2 Å². The van der Waals surface area contributed by atoms with Crippen molar-refractivity contribution in [2.75, 3.05) is 31.5 Å². The molecule has 0 unspecified atom stereocenters. The van der Waals surface area contributed by atoms with Crippen molar-refractivity contribution in [3.63, 3.8) is 0 Å². The van der Waals surface area contributed by atoms with Gasteiger partial charge >= 0.3 is 0 Å². The predicted molar refractivity (Wildman–Crippen MR) is 99.6 cm³/mol. The van der Waals surface area contributed by atoms with Crippen LogP contribution in [0.4, 0.5) is 5.82 Å². The number of aryl methyl sites for hydroxylation is 1. The standard InChI is InChI=1S/C13H22N8.HI/c1-4-21(5-2)13(14)16-7-6-15-11-10-8-19-20(3)12(10)18-9-17-11;/h8-9H,4-7H2,1-3H3,(H2,14,16)(H,15,17,18);1H.